The van der Waals surface area contributed by atoms with Crippen LogP contribution in [0.2, 0.25) is 0 Å². The Balaban J connectivity index is 2.74. The van der Waals surface area contributed by atoms with E-state index in [0.29, 0.717) is 0 Å². The third-order valence-electron chi connectivity index (χ3n) is 2.37. The van der Waals surface area contributed by atoms with Crippen LogP contribution in [0.4, 0.5) is 26.3 Å². The van der Waals surface area contributed by atoms with E-state index in [4.69, 9.17) is 0 Å². The van der Waals surface area contributed by atoms with Crippen LogP contribution in [0.3, 0.4) is 0 Å². The van der Waals surface area contributed by atoms with Crippen LogP contribution in [-0.2, 0) is 11.2 Å². The predicted octanol–water partition coefficient (Wildman–Crippen LogP) is 3.23. The van der Waals surface area contributed by atoms with E-state index in [1.54, 1.807) is 6.07 Å². The monoisotopic (exact) mass is 299 g/mol. The molecule has 0 aliphatic heterocycles. The summed E-state index contributed by atoms with van der Waals surface area (Å²) in [6.45, 7) is 0. The van der Waals surface area contributed by atoms with E-state index in [1.807, 2.05) is 0 Å². The molecule has 2 nitrogen and oxygen atoms in total. The molecular weight excluding hydrogens is 288 g/mol. The first kappa shape index (κ1) is 16.3. The predicted molar refractivity (Wildman–Crippen MR) is 58.8 cm³/mol. The minimum Gasteiger partial charge on any atom is -0.344 e. The molecule has 0 aliphatic carbocycles. The molecular formula is C12H11F6NO. The van der Waals surface area contributed by atoms with Crippen LogP contribution in [0.1, 0.15) is 12.0 Å². The van der Waals surface area contributed by atoms with E-state index in [9.17, 15) is 31.1 Å². The SMILES string of the molecule is O=C(CC(F)(F)F)N[C@@H](Cc1ccccc1)C(F)(F)F. The number of rotatable bonds is 4. The van der Waals surface area contributed by atoms with E-state index in [2.05, 4.69) is 0 Å². The number of carbonyl (C=O) groups is 1. The van der Waals surface area contributed by atoms with Gasteiger partial charge in [-0.2, -0.15) is 26.3 Å². The Morgan fingerprint density at radius 2 is 1.60 bits per heavy atom. The standard InChI is InChI=1S/C12H11F6NO/c13-11(14,15)7-10(20)19-9(12(16,17)18)6-8-4-2-1-3-5-8/h1-5,9H,6-7H2,(H,19,20)/t9-/m0/s1. The second-order valence-electron chi connectivity index (χ2n) is 4.14. The van der Waals surface area contributed by atoms with Crippen molar-refractivity contribution >= 4 is 5.91 Å². The molecule has 20 heavy (non-hydrogen) atoms. The number of amides is 1. The van der Waals surface area contributed by atoms with Gasteiger partial charge in [-0.25, -0.2) is 0 Å². The van der Waals surface area contributed by atoms with Gasteiger partial charge in [0.25, 0.3) is 0 Å². The van der Waals surface area contributed by atoms with Crippen LogP contribution in [0.5, 0.6) is 0 Å². The van der Waals surface area contributed by atoms with Gasteiger partial charge in [0.05, 0.1) is 0 Å². The van der Waals surface area contributed by atoms with Gasteiger partial charge in [0, 0.05) is 6.42 Å². The molecule has 8 heteroatoms. The lowest BCUT2D eigenvalue weighted by Crippen LogP contribution is -2.47. The summed E-state index contributed by atoms with van der Waals surface area (Å²) < 4.78 is 73.9. The van der Waals surface area contributed by atoms with Gasteiger partial charge < -0.3 is 5.32 Å². The molecule has 0 spiro atoms. The second kappa shape index (κ2) is 6.15. The highest BCUT2D eigenvalue weighted by Crippen LogP contribution is 2.25. The zero-order chi connectivity index (χ0) is 15.4. The smallest absolute Gasteiger partial charge is 0.344 e. The summed E-state index contributed by atoms with van der Waals surface area (Å²) >= 11 is 0. The van der Waals surface area contributed by atoms with Crippen molar-refractivity contribution in [2.24, 2.45) is 0 Å². The number of carbonyl (C=O) groups excluding carboxylic acids is 1. The first-order valence-corrected chi connectivity index (χ1v) is 5.54. The first-order valence-electron chi connectivity index (χ1n) is 5.54. The zero-order valence-electron chi connectivity index (χ0n) is 10.1. The van der Waals surface area contributed by atoms with E-state index < -0.39 is 37.1 Å². The molecule has 112 valence electrons. The summed E-state index contributed by atoms with van der Waals surface area (Å²) in [7, 11) is 0. The normalized spacial score (nSPS) is 13.9. The maximum Gasteiger partial charge on any atom is 0.408 e. The molecule has 1 aromatic carbocycles. The van der Waals surface area contributed by atoms with Crippen molar-refractivity contribution in [3.63, 3.8) is 0 Å². The summed E-state index contributed by atoms with van der Waals surface area (Å²) in [6, 6.07) is 5.04. The van der Waals surface area contributed by atoms with Crippen LogP contribution in [-0.4, -0.2) is 24.3 Å². The molecule has 0 aliphatic rings. The molecule has 0 bridgehead atoms. The largest absolute Gasteiger partial charge is 0.408 e. The molecule has 1 rings (SSSR count). The molecule has 1 amide bonds. The summed E-state index contributed by atoms with van der Waals surface area (Å²) in [5, 5.41) is 1.38. The number of alkyl halides is 6. The summed E-state index contributed by atoms with van der Waals surface area (Å²) in [5.74, 6) is -1.70. The van der Waals surface area contributed by atoms with Crippen LogP contribution in [0, 0.1) is 0 Å². The summed E-state index contributed by atoms with van der Waals surface area (Å²) in [5.41, 5.74) is 0.266. The van der Waals surface area contributed by atoms with Crippen LogP contribution in [0.25, 0.3) is 0 Å². The molecule has 0 saturated heterocycles. The van der Waals surface area contributed by atoms with Gasteiger partial charge in [0.2, 0.25) is 5.91 Å². The van der Waals surface area contributed by atoms with E-state index in [0.717, 1.165) is 0 Å². The summed E-state index contributed by atoms with van der Waals surface area (Å²) in [4.78, 5) is 11.0. The molecule has 0 heterocycles. The lowest BCUT2D eigenvalue weighted by Gasteiger charge is -2.22. The number of benzene rings is 1. The Kier molecular flexibility index (Phi) is 5.02. The third kappa shape index (κ3) is 5.94. The average molecular weight is 299 g/mol. The van der Waals surface area contributed by atoms with Crippen molar-refractivity contribution in [1.29, 1.82) is 0 Å². The first-order chi connectivity index (χ1) is 9.08. The Labute approximate surface area is 110 Å². The van der Waals surface area contributed by atoms with Crippen molar-refractivity contribution < 1.29 is 31.1 Å². The van der Waals surface area contributed by atoms with Crippen LogP contribution in [0.15, 0.2) is 30.3 Å². The molecule has 0 unspecified atom stereocenters. The number of halogens is 6. The van der Waals surface area contributed by atoms with Gasteiger partial charge >= 0.3 is 12.4 Å². The van der Waals surface area contributed by atoms with Gasteiger partial charge in [-0.1, -0.05) is 30.3 Å². The zero-order valence-corrected chi connectivity index (χ0v) is 10.1. The van der Waals surface area contributed by atoms with Crippen LogP contribution < -0.4 is 5.32 Å². The van der Waals surface area contributed by atoms with Crippen molar-refractivity contribution in [2.45, 2.75) is 31.2 Å². The van der Waals surface area contributed by atoms with E-state index >= 15 is 0 Å². The van der Waals surface area contributed by atoms with Gasteiger partial charge in [-0.3, -0.25) is 4.79 Å². The Hall–Kier alpha value is -1.73. The lowest BCUT2D eigenvalue weighted by molar-refractivity contribution is -0.171. The van der Waals surface area contributed by atoms with E-state index in [-0.39, 0.29) is 5.56 Å². The Morgan fingerprint density at radius 3 is 2.05 bits per heavy atom. The van der Waals surface area contributed by atoms with Gasteiger partial charge in [-0.05, 0) is 5.56 Å². The number of hydrogen-bond acceptors (Lipinski definition) is 1. The highest BCUT2D eigenvalue weighted by atomic mass is 19.4. The van der Waals surface area contributed by atoms with Gasteiger partial charge in [0.1, 0.15) is 12.5 Å². The van der Waals surface area contributed by atoms with Crippen molar-refractivity contribution in [2.75, 3.05) is 0 Å². The fourth-order valence-electron chi connectivity index (χ4n) is 1.53. The lowest BCUT2D eigenvalue weighted by atomic mass is 10.1. The van der Waals surface area contributed by atoms with Crippen molar-refractivity contribution in [3.05, 3.63) is 35.9 Å². The molecule has 0 saturated carbocycles. The van der Waals surface area contributed by atoms with Gasteiger partial charge in [0.15, 0.2) is 0 Å². The molecule has 1 N–H and O–H groups in total. The number of hydrogen-bond donors (Lipinski definition) is 1. The Morgan fingerprint density at radius 1 is 1.05 bits per heavy atom. The quantitative estimate of drug-likeness (QED) is 0.850. The Bertz CT molecular complexity index is 440. The molecule has 1 aromatic rings. The molecule has 1 atom stereocenters. The maximum atomic E-state index is 12.7. The maximum absolute atomic E-state index is 12.7. The van der Waals surface area contributed by atoms with Crippen LogP contribution >= 0.6 is 0 Å². The van der Waals surface area contributed by atoms with Gasteiger partial charge in [-0.15, -0.1) is 0 Å². The second-order valence-corrected chi connectivity index (χ2v) is 4.14. The third-order valence-corrected chi connectivity index (χ3v) is 2.37. The minimum atomic E-state index is -4.84. The summed E-state index contributed by atoms with van der Waals surface area (Å²) in [6.07, 6.45) is -12.2. The average Bonchev–Trinajstić information content (AvgIpc) is 2.25. The highest BCUT2D eigenvalue weighted by molar-refractivity contribution is 5.77. The molecule has 0 aromatic heterocycles. The minimum absolute atomic E-state index is 0.266. The highest BCUT2D eigenvalue weighted by Gasteiger charge is 2.42. The molecule has 0 fully saturated rings. The van der Waals surface area contributed by atoms with Crippen molar-refractivity contribution in [3.8, 4) is 0 Å². The van der Waals surface area contributed by atoms with E-state index in [1.165, 1.54) is 29.6 Å². The molecule has 0 radical (unpaired) electrons. The number of nitrogens with one attached hydrogen (secondary N) is 1. The topological polar surface area (TPSA) is 29.1 Å². The van der Waals surface area contributed by atoms with Crippen molar-refractivity contribution in [1.82, 2.24) is 5.32 Å². The fraction of sp³-hybridized carbons (Fsp3) is 0.417. The fourth-order valence-corrected chi connectivity index (χ4v) is 1.53.